The van der Waals surface area contributed by atoms with Crippen LogP contribution in [0.5, 0.6) is 0 Å². The lowest BCUT2D eigenvalue weighted by Gasteiger charge is -2.29. The summed E-state index contributed by atoms with van der Waals surface area (Å²) in [6.45, 7) is 6.79. The normalized spacial score (nSPS) is 18.6. The minimum absolute atomic E-state index is 0. The van der Waals surface area contributed by atoms with Gasteiger partial charge in [-0.2, -0.15) is 0 Å². The van der Waals surface area contributed by atoms with Gasteiger partial charge in [0.2, 0.25) is 5.91 Å². The minimum atomic E-state index is -0.242. The molecule has 3 nitrogen and oxygen atoms in total. The van der Waals surface area contributed by atoms with Gasteiger partial charge in [0.25, 0.3) is 0 Å². The van der Waals surface area contributed by atoms with Crippen LogP contribution in [0, 0.1) is 11.7 Å². The second-order valence-corrected chi connectivity index (χ2v) is 5.80. The molecule has 1 fully saturated rings. The van der Waals surface area contributed by atoms with Gasteiger partial charge in [0, 0.05) is 13.0 Å². The lowest BCUT2D eigenvalue weighted by atomic mass is 10.0. The highest BCUT2D eigenvalue weighted by Gasteiger charge is 2.22. The van der Waals surface area contributed by atoms with Crippen LogP contribution in [0.15, 0.2) is 24.3 Å². The van der Waals surface area contributed by atoms with Crippen LogP contribution in [0.25, 0.3) is 0 Å². The van der Waals surface area contributed by atoms with Gasteiger partial charge in [-0.05, 0) is 63.4 Å². The first-order valence-corrected chi connectivity index (χ1v) is 7.87. The van der Waals surface area contributed by atoms with E-state index in [2.05, 4.69) is 5.32 Å². The van der Waals surface area contributed by atoms with Crippen LogP contribution < -0.4 is 5.32 Å². The van der Waals surface area contributed by atoms with E-state index in [9.17, 15) is 9.18 Å². The Labute approximate surface area is 138 Å². The van der Waals surface area contributed by atoms with Crippen molar-refractivity contribution >= 4 is 18.3 Å². The molecule has 22 heavy (non-hydrogen) atoms. The summed E-state index contributed by atoms with van der Waals surface area (Å²) in [6, 6.07) is 6.42. The van der Waals surface area contributed by atoms with Crippen LogP contribution >= 0.6 is 12.4 Å². The second kappa shape index (κ2) is 9.11. The van der Waals surface area contributed by atoms with Crippen molar-refractivity contribution in [3.05, 3.63) is 35.6 Å². The van der Waals surface area contributed by atoms with Crippen molar-refractivity contribution < 1.29 is 9.18 Å². The van der Waals surface area contributed by atoms with Gasteiger partial charge in [0.1, 0.15) is 5.82 Å². The summed E-state index contributed by atoms with van der Waals surface area (Å²) >= 11 is 0. The van der Waals surface area contributed by atoms with Gasteiger partial charge < -0.3 is 10.2 Å². The van der Waals surface area contributed by atoms with Crippen LogP contribution in [-0.2, 0) is 4.79 Å². The predicted molar refractivity (Wildman–Crippen MR) is 89.7 cm³/mol. The average molecular weight is 329 g/mol. The number of amides is 1. The minimum Gasteiger partial charge on any atom is -0.336 e. The number of hydrogen-bond donors (Lipinski definition) is 1. The Bertz CT molecular complexity index is 460. The highest BCUT2D eigenvalue weighted by molar-refractivity contribution is 5.85. The third-order valence-electron chi connectivity index (χ3n) is 4.41. The predicted octanol–water partition coefficient (Wildman–Crippen LogP) is 3.55. The van der Waals surface area contributed by atoms with E-state index in [4.69, 9.17) is 0 Å². The van der Waals surface area contributed by atoms with Crippen LogP contribution in [0.3, 0.4) is 0 Å². The number of carbonyl (C=O) groups excluding carboxylic acids is 1. The zero-order chi connectivity index (χ0) is 15.2. The molecule has 0 spiro atoms. The second-order valence-electron chi connectivity index (χ2n) is 5.80. The summed E-state index contributed by atoms with van der Waals surface area (Å²) in [5.74, 6) is 0.587. The van der Waals surface area contributed by atoms with Crippen molar-refractivity contribution in [2.24, 2.45) is 5.92 Å². The lowest BCUT2D eigenvalue weighted by molar-refractivity contribution is -0.133. The molecule has 2 unspecified atom stereocenters. The molecule has 2 atom stereocenters. The molecule has 0 aromatic heterocycles. The topological polar surface area (TPSA) is 32.3 Å². The number of hydrogen-bond acceptors (Lipinski definition) is 2. The van der Waals surface area contributed by atoms with Crippen molar-refractivity contribution in [1.82, 2.24) is 10.2 Å². The summed E-state index contributed by atoms with van der Waals surface area (Å²) < 4.78 is 13.0. The van der Waals surface area contributed by atoms with Crippen molar-refractivity contribution in [3.63, 3.8) is 0 Å². The number of nitrogens with one attached hydrogen (secondary N) is 1. The summed E-state index contributed by atoms with van der Waals surface area (Å²) in [6.07, 6.45) is 2.73. The number of benzene rings is 1. The molecular weight excluding hydrogens is 303 g/mol. The summed E-state index contributed by atoms with van der Waals surface area (Å²) in [4.78, 5) is 14.3. The van der Waals surface area contributed by atoms with Crippen LogP contribution in [-0.4, -0.2) is 30.4 Å². The zero-order valence-corrected chi connectivity index (χ0v) is 14.2. The van der Waals surface area contributed by atoms with E-state index in [1.165, 1.54) is 18.6 Å². The molecule has 1 N–H and O–H groups in total. The van der Waals surface area contributed by atoms with Crippen molar-refractivity contribution in [2.75, 3.05) is 19.6 Å². The van der Waals surface area contributed by atoms with Gasteiger partial charge in [0.05, 0.1) is 6.04 Å². The number of rotatable bonds is 6. The molecular formula is C17H26ClFN2O. The van der Waals surface area contributed by atoms with E-state index in [0.29, 0.717) is 18.9 Å². The smallest absolute Gasteiger partial charge is 0.223 e. The standard InChI is InChI=1S/C17H25FN2O.ClH/c1-3-20(13(2)15-5-7-16(18)8-6-15)17(21)9-4-14-10-11-19-12-14;/h5-8,13-14,19H,3-4,9-12H2,1-2H3;1H. The monoisotopic (exact) mass is 328 g/mol. The fraction of sp³-hybridized carbons (Fsp3) is 0.588. The molecule has 2 rings (SSSR count). The van der Waals surface area contributed by atoms with Crippen molar-refractivity contribution in [3.8, 4) is 0 Å². The number of nitrogens with zero attached hydrogens (tertiary/aromatic N) is 1. The first-order chi connectivity index (χ1) is 10.1. The molecule has 124 valence electrons. The Morgan fingerprint density at radius 2 is 2.09 bits per heavy atom. The van der Waals surface area contributed by atoms with E-state index in [1.807, 2.05) is 18.7 Å². The van der Waals surface area contributed by atoms with Gasteiger partial charge in [-0.1, -0.05) is 12.1 Å². The first kappa shape index (κ1) is 18.9. The molecule has 1 aliphatic heterocycles. The van der Waals surface area contributed by atoms with E-state index in [1.54, 1.807) is 12.1 Å². The highest BCUT2D eigenvalue weighted by atomic mass is 35.5. The molecule has 1 aromatic rings. The highest BCUT2D eigenvalue weighted by Crippen LogP contribution is 2.23. The quantitative estimate of drug-likeness (QED) is 0.866. The van der Waals surface area contributed by atoms with E-state index >= 15 is 0 Å². The van der Waals surface area contributed by atoms with Gasteiger partial charge in [-0.25, -0.2) is 4.39 Å². The molecule has 1 aliphatic rings. The van der Waals surface area contributed by atoms with Crippen LogP contribution in [0.1, 0.15) is 44.7 Å². The summed E-state index contributed by atoms with van der Waals surface area (Å²) in [5.41, 5.74) is 0.981. The lowest BCUT2D eigenvalue weighted by Crippen LogP contribution is -2.33. The van der Waals surface area contributed by atoms with Gasteiger partial charge in [-0.3, -0.25) is 4.79 Å². The van der Waals surface area contributed by atoms with Crippen LogP contribution in [0.4, 0.5) is 4.39 Å². The van der Waals surface area contributed by atoms with E-state index in [0.717, 1.165) is 25.1 Å². The Morgan fingerprint density at radius 1 is 1.41 bits per heavy atom. The maximum atomic E-state index is 13.0. The number of halogens is 2. The first-order valence-electron chi connectivity index (χ1n) is 7.87. The third kappa shape index (κ3) is 4.96. The van der Waals surface area contributed by atoms with E-state index in [-0.39, 0.29) is 30.2 Å². The van der Waals surface area contributed by atoms with Crippen LogP contribution in [0.2, 0.25) is 0 Å². The molecule has 1 amide bonds. The van der Waals surface area contributed by atoms with Crippen molar-refractivity contribution in [1.29, 1.82) is 0 Å². The summed E-state index contributed by atoms with van der Waals surface area (Å²) in [5, 5.41) is 3.33. The molecule has 1 aromatic carbocycles. The Hall–Kier alpha value is -1.13. The zero-order valence-electron chi connectivity index (χ0n) is 13.3. The molecule has 1 heterocycles. The maximum Gasteiger partial charge on any atom is 0.223 e. The average Bonchev–Trinajstić information content (AvgIpc) is 3.00. The van der Waals surface area contributed by atoms with Gasteiger partial charge in [0.15, 0.2) is 0 Å². The molecule has 0 radical (unpaired) electrons. The summed E-state index contributed by atoms with van der Waals surface area (Å²) in [7, 11) is 0. The fourth-order valence-corrected chi connectivity index (χ4v) is 3.02. The third-order valence-corrected chi connectivity index (χ3v) is 4.41. The largest absolute Gasteiger partial charge is 0.336 e. The van der Waals surface area contributed by atoms with Gasteiger partial charge >= 0.3 is 0 Å². The molecule has 0 saturated carbocycles. The fourth-order valence-electron chi connectivity index (χ4n) is 3.02. The Kier molecular flexibility index (Phi) is 7.83. The molecule has 5 heteroatoms. The van der Waals surface area contributed by atoms with E-state index < -0.39 is 0 Å². The Balaban J connectivity index is 0.00000242. The van der Waals surface area contributed by atoms with Gasteiger partial charge in [-0.15, -0.1) is 12.4 Å². The van der Waals surface area contributed by atoms with Crippen molar-refractivity contribution in [2.45, 2.75) is 39.2 Å². The SMILES string of the molecule is CCN(C(=O)CCC1CCNC1)C(C)c1ccc(F)cc1.Cl. The number of carbonyl (C=O) groups is 1. The molecule has 0 aliphatic carbocycles. The Morgan fingerprint density at radius 3 is 2.64 bits per heavy atom. The maximum absolute atomic E-state index is 13.0. The molecule has 1 saturated heterocycles. The molecule has 0 bridgehead atoms.